The summed E-state index contributed by atoms with van der Waals surface area (Å²) in [5.74, 6) is 0.337. The molecule has 3 rings (SSSR count). The number of aliphatic hydroxyl groups excluding tert-OH is 1. The first-order valence-electron chi connectivity index (χ1n) is 7.54. The molecule has 0 radical (unpaired) electrons. The number of amides is 1. The van der Waals surface area contributed by atoms with Crippen molar-refractivity contribution in [3.8, 4) is 0 Å². The molecule has 1 unspecified atom stereocenters. The third kappa shape index (κ3) is 2.96. The Kier molecular flexibility index (Phi) is 4.12. The molecule has 0 aliphatic carbocycles. The van der Waals surface area contributed by atoms with E-state index in [0.717, 1.165) is 22.3 Å². The van der Waals surface area contributed by atoms with E-state index >= 15 is 0 Å². The summed E-state index contributed by atoms with van der Waals surface area (Å²) in [6, 6.07) is 14.7. The van der Waals surface area contributed by atoms with Gasteiger partial charge in [-0.05, 0) is 38.1 Å². The number of nitrogens with zero attached hydrogens (tertiary/aromatic N) is 2. The largest absolute Gasteiger partial charge is 0.388 e. The number of aromatic nitrogens is 2. The fourth-order valence-electron chi connectivity index (χ4n) is 2.64. The van der Waals surface area contributed by atoms with E-state index in [4.69, 9.17) is 0 Å². The smallest absolute Gasteiger partial charge is 0.247 e. The van der Waals surface area contributed by atoms with E-state index in [2.05, 4.69) is 10.3 Å². The molecule has 2 N–H and O–H groups in total. The first-order chi connectivity index (χ1) is 11.1. The van der Waals surface area contributed by atoms with Crippen LogP contribution in [-0.2, 0) is 11.4 Å². The lowest BCUT2D eigenvalue weighted by Gasteiger charge is -2.17. The van der Waals surface area contributed by atoms with Crippen LogP contribution < -0.4 is 5.32 Å². The van der Waals surface area contributed by atoms with Crippen LogP contribution in [0.3, 0.4) is 0 Å². The highest BCUT2D eigenvalue weighted by atomic mass is 16.3. The molecule has 2 aromatic carbocycles. The third-order valence-electron chi connectivity index (χ3n) is 3.90. The second-order valence-electron chi connectivity index (χ2n) is 5.58. The molecule has 3 aromatic rings. The summed E-state index contributed by atoms with van der Waals surface area (Å²) in [7, 11) is 0. The Bertz CT molecular complexity index is 837. The van der Waals surface area contributed by atoms with E-state index in [1.807, 2.05) is 55.5 Å². The molecule has 118 valence electrons. The number of hydrogen-bond donors (Lipinski definition) is 2. The molecule has 0 aliphatic heterocycles. The SMILES string of the molecule is Cc1ccc(NC(=O)C(C)n2c(CO)nc3ccccc32)cc1. The van der Waals surface area contributed by atoms with Crippen molar-refractivity contribution in [3.05, 3.63) is 59.9 Å². The van der Waals surface area contributed by atoms with E-state index in [1.54, 1.807) is 11.5 Å². The van der Waals surface area contributed by atoms with Gasteiger partial charge in [-0.3, -0.25) is 4.79 Å². The minimum absolute atomic E-state index is 0.147. The molecule has 23 heavy (non-hydrogen) atoms. The molecule has 0 saturated heterocycles. The first kappa shape index (κ1) is 15.2. The summed E-state index contributed by atoms with van der Waals surface area (Å²) in [4.78, 5) is 17.0. The molecule has 0 bridgehead atoms. The predicted molar refractivity (Wildman–Crippen MR) is 90.2 cm³/mol. The van der Waals surface area contributed by atoms with Gasteiger partial charge in [0.25, 0.3) is 0 Å². The number of hydrogen-bond acceptors (Lipinski definition) is 3. The van der Waals surface area contributed by atoms with Crippen LogP contribution in [0.4, 0.5) is 5.69 Å². The number of nitrogens with one attached hydrogen (secondary N) is 1. The maximum Gasteiger partial charge on any atom is 0.247 e. The van der Waals surface area contributed by atoms with Gasteiger partial charge in [-0.2, -0.15) is 0 Å². The molecule has 1 aromatic heterocycles. The Morgan fingerprint density at radius 1 is 1.22 bits per heavy atom. The molecule has 0 fully saturated rings. The van der Waals surface area contributed by atoms with Crippen LogP contribution in [-0.4, -0.2) is 20.6 Å². The number of benzene rings is 2. The summed E-state index contributed by atoms with van der Waals surface area (Å²) < 4.78 is 1.78. The van der Waals surface area contributed by atoms with E-state index in [1.165, 1.54) is 0 Å². The van der Waals surface area contributed by atoms with Gasteiger partial charge in [0.05, 0.1) is 11.0 Å². The zero-order valence-corrected chi connectivity index (χ0v) is 13.2. The Morgan fingerprint density at radius 2 is 1.91 bits per heavy atom. The fourth-order valence-corrected chi connectivity index (χ4v) is 2.64. The summed E-state index contributed by atoms with van der Waals surface area (Å²) >= 11 is 0. The standard InChI is InChI=1S/C18H19N3O2/c1-12-7-9-14(10-8-12)19-18(23)13(2)21-16-6-4-3-5-15(16)20-17(21)11-22/h3-10,13,22H,11H2,1-2H3,(H,19,23). The molecule has 0 saturated carbocycles. The van der Waals surface area contributed by atoms with Crippen LogP contribution in [0, 0.1) is 6.92 Å². The van der Waals surface area contributed by atoms with Gasteiger partial charge >= 0.3 is 0 Å². The number of carbonyl (C=O) groups is 1. The van der Waals surface area contributed by atoms with Crippen LogP contribution in [0.1, 0.15) is 24.4 Å². The van der Waals surface area contributed by atoms with Crippen LogP contribution in [0.2, 0.25) is 0 Å². The lowest BCUT2D eigenvalue weighted by Crippen LogP contribution is -2.25. The second kappa shape index (κ2) is 6.22. The number of imidazole rings is 1. The lowest BCUT2D eigenvalue weighted by atomic mass is 10.2. The number of fused-ring (bicyclic) bond motifs is 1. The molecule has 5 nitrogen and oxygen atoms in total. The molecule has 0 spiro atoms. The van der Waals surface area contributed by atoms with Gasteiger partial charge < -0.3 is 15.0 Å². The Labute approximate surface area is 134 Å². The average Bonchev–Trinajstić information content (AvgIpc) is 2.94. The predicted octanol–water partition coefficient (Wildman–Crippen LogP) is 3.04. The summed E-state index contributed by atoms with van der Waals surface area (Å²) in [6.07, 6.45) is 0. The number of rotatable bonds is 4. The molecule has 1 amide bonds. The van der Waals surface area contributed by atoms with Crippen LogP contribution in [0.5, 0.6) is 0 Å². The van der Waals surface area contributed by atoms with Crippen LogP contribution in [0.25, 0.3) is 11.0 Å². The Hall–Kier alpha value is -2.66. The van der Waals surface area contributed by atoms with Gasteiger partial charge in [0, 0.05) is 5.69 Å². The topological polar surface area (TPSA) is 67.2 Å². The van der Waals surface area contributed by atoms with Crippen molar-refractivity contribution < 1.29 is 9.90 Å². The maximum absolute atomic E-state index is 12.6. The normalized spacial score (nSPS) is 12.3. The van der Waals surface area contributed by atoms with Crippen molar-refractivity contribution in [1.82, 2.24) is 9.55 Å². The zero-order valence-electron chi connectivity index (χ0n) is 13.2. The van der Waals surface area contributed by atoms with Gasteiger partial charge in [-0.15, -0.1) is 0 Å². The average molecular weight is 309 g/mol. The molecule has 0 aliphatic rings. The molecular formula is C18H19N3O2. The molecule has 5 heteroatoms. The number of carbonyl (C=O) groups excluding carboxylic acids is 1. The quantitative estimate of drug-likeness (QED) is 0.778. The monoisotopic (exact) mass is 309 g/mol. The number of anilines is 1. The molecule has 1 atom stereocenters. The van der Waals surface area contributed by atoms with Gasteiger partial charge in [-0.1, -0.05) is 29.8 Å². The number of aliphatic hydroxyl groups is 1. The van der Waals surface area contributed by atoms with Gasteiger partial charge in [-0.25, -0.2) is 4.98 Å². The highest BCUT2D eigenvalue weighted by Gasteiger charge is 2.21. The summed E-state index contributed by atoms with van der Waals surface area (Å²) in [5, 5.41) is 12.5. The number of aryl methyl sites for hydroxylation is 1. The second-order valence-corrected chi connectivity index (χ2v) is 5.58. The first-order valence-corrected chi connectivity index (χ1v) is 7.54. The third-order valence-corrected chi connectivity index (χ3v) is 3.90. The minimum atomic E-state index is -0.481. The number of para-hydroxylation sites is 2. The van der Waals surface area contributed by atoms with Crippen molar-refractivity contribution in [1.29, 1.82) is 0 Å². The van der Waals surface area contributed by atoms with E-state index in [-0.39, 0.29) is 12.5 Å². The van der Waals surface area contributed by atoms with Crippen molar-refractivity contribution >= 4 is 22.6 Å². The van der Waals surface area contributed by atoms with Gasteiger partial charge in [0.2, 0.25) is 5.91 Å². The lowest BCUT2D eigenvalue weighted by molar-refractivity contribution is -0.118. The highest BCUT2D eigenvalue weighted by molar-refractivity contribution is 5.94. The van der Waals surface area contributed by atoms with E-state index in [9.17, 15) is 9.90 Å². The minimum Gasteiger partial charge on any atom is -0.388 e. The zero-order chi connectivity index (χ0) is 16.4. The molecular weight excluding hydrogens is 290 g/mol. The van der Waals surface area contributed by atoms with Gasteiger partial charge in [0.1, 0.15) is 18.5 Å². The van der Waals surface area contributed by atoms with Crippen LogP contribution >= 0.6 is 0 Å². The summed E-state index contributed by atoms with van der Waals surface area (Å²) in [6.45, 7) is 3.59. The fraction of sp³-hybridized carbons (Fsp3) is 0.222. The highest BCUT2D eigenvalue weighted by Crippen LogP contribution is 2.22. The summed E-state index contributed by atoms with van der Waals surface area (Å²) in [5.41, 5.74) is 3.50. The van der Waals surface area contributed by atoms with E-state index < -0.39 is 6.04 Å². The van der Waals surface area contributed by atoms with E-state index in [0.29, 0.717) is 5.82 Å². The Morgan fingerprint density at radius 3 is 2.61 bits per heavy atom. The van der Waals surface area contributed by atoms with Crippen molar-refractivity contribution in [3.63, 3.8) is 0 Å². The molecule has 1 heterocycles. The van der Waals surface area contributed by atoms with Crippen molar-refractivity contribution in [2.45, 2.75) is 26.5 Å². The Balaban J connectivity index is 1.91. The maximum atomic E-state index is 12.6. The van der Waals surface area contributed by atoms with Crippen molar-refractivity contribution in [2.24, 2.45) is 0 Å². The van der Waals surface area contributed by atoms with Crippen LogP contribution in [0.15, 0.2) is 48.5 Å². The van der Waals surface area contributed by atoms with Crippen molar-refractivity contribution in [2.75, 3.05) is 5.32 Å². The van der Waals surface area contributed by atoms with Gasteiger partial charge in [0.15, 0.2) is 0 Å².